The monoisotopic (exact) mass is 206 g/mol. The van der Waals surface area contributed by atoms with Gasteiger partial charge in [-0.25, -0.2) is 4.37 Å². The second-order valence-corrected chi connectivity index (χ2v) is 3.67. The Labute approximate surface area is 86.3 Å². The van der Waals surface area contributed by atoms with Crippen molar-refractivity contribution >= 4 is 17.2 Å². The highest BCUT2D eigenvalue weighted by atomic mass is 32.1. The highest BCUT2D eigenvalue weighted by molar-refractivity contribution is 7.09. The van der Waals surface area contributed by atoms with E-state index in [-0.39, 0.29) is 0 Å². The fourth-order valence-corrected chi connectivity index (χ4v) is 1.84. The van der Waals surface area contributed by atoms with Crippen LogP contribution in [0.3, 0.4) is 0 Å². The summed E-state index contributed by atoms with van der Waals surface area (Å²) >= 11 is 1.45. The molecule has 0 aliphatic heterocycles. The fraction of sp³-hybridized carbons (Fsp3) is 0.100. The van der Waals surface area contributed by atoms with Crippen molar-refractivity contribution < 1.29 is 4.74 Å². The Hall–Kier alpha value is -1.55. The van der Waals surface area contributed by atoms with Crippen molar-refractivity contribution in [2.75, 3.05) is 12.8 Å². The summed E-state index contributed by atoms with van der Waals surface area (Å²) in [5.74, 6) is 0.707. The topological polar surface area (TPSA) is 48.1 Å². The fourth-order valence-electron chi connectivity index (χ4n) is 1.25. The van der Waals surface area contributed by atoms with E-state index in [0.717, 1.165) is 10.4 Å². The van der Waals surface area contributed by atoms with Crippen LogP contribution in [0.2, 0.25) is 0 Å². The molecule has 14 heavy (non-hydrogen) atoms. The zero-order chi connectivity index (χ0) is 9.97. The van der Waals surface area contributed by atoms with Gasteiger partial charge in [-0.1, -0.05) is 0 Å². The first kappa shape index (κ1) is 9.02. The second-order valence-electron chi connectivity index (χ2n) is 2.83. The van der Waals surface area contributed by atoms with E-state index in [1.54, 1.807) is 13.3 Å². The molecule has 2 N–H and O–H groups in total. The Bertz CT molecular complexity index is 426. The Balaban J connectivity index is 2.43. The number of hydrogen-bond donors (Lipinski definition) is 1. The molecule has 0 atom stereocenters. The van der Waals surface area contributed by atoms with Crippen molar-refractivity contribution in [2.24, 2.45) is 0 Å². The van der Waals surface area contributed by atoms with Crippen molar-refractivity contribution in [1.29, 1.82) is 0 Å². The van der Waals surface area contributed by atoms with Crippen LogP contribution in [0.4, 0.5) is 5.69 Å². The van der Waals surface area contributed by atoms with Gasteiger partial charge >= 0.3 is 0 Å². The molecule has 0 unspecified atom stereocenters. The predicted molar refractivity (Wildman–Crippen MR) is 58.5 cm³/mol. The average molecular weight is 206 g/mol. The van der Waals surface area contributed by atoms with Crippen LogP contribution in [-0.2, 0) is 0 Å². The lowest BCUT2D eigenvalue weighted by atomic mass is 10.1. The van der Waals surface area contributed by atoms with Gasteiger partial charge in [-0.2, -0.15) is 0 Å². The molecule has 0 spiro atoms. The van der Waals surface area contributed by atoms with E-state index in [2.05, 4.69) is 4.37 Å². The first-order valence-electron chi connectivity index (χ1n) is 4.16. The van der Waals surface area contributed by atoms with Crippen LogP contribution < -0.4 is 10.5 Å². The van der Waals surface area contributed by atoms with Gasteiger partial charge in [-0.05, 0) is 41.4 Å². The largest absolute Gasteiger partial charge is 0.495 e. The van der Waals surface area contributed by atoms with Gasteiger partial charge in [0.25, 0.3) is 0 Å². The lowest BCUT2D eigenvalue weighted by molar-refractivity contribution is 0.417. The third-order valence-electron chi connectivity index (χ3n) is 1.95. The van der Waals surface area contributed by atoms with Crippen LogP contribution in [0.15, 0.2) is 30.5 Å². The number of aromatic nitrogens is 1. The van der Waals surface area contributed by atoms with Gasteiger partial charge in [-0.15, -0.1) is 0 Å². The number of ether oxygens (including phenoxy) is 1. The minimum absolute atomic E-state index is 0.651. The highest BCUT2D eigenvalue weighted by Gasteiger charge is 2.03. The summed E-state index contributed by atoms with van der Waals surface area (Å²) in [7, 11) is 1.61. The zero-order valence-corrected chi connectivity index (χ0v) is 8.54. The Morgan fingerprint density at radius 3 is 2.79 bits per heavy atom. The summed E-state index contributed by atoms with van der Waals surface area (Å²) in [6.07, 6.45) is 1.78. The van der Waals surface area contributed by atoms with Crippen LogP contribution in [0.1, 0.15) is 0 Å². The van der Waals surface area contributed by atoms with E-state index >= 15 is 0 Å². The van der Waals surface area contributed by atoms with Gasteiger partial charge in [0.1, 0.15) is 5.75 Å². The summed E-state index contributed by atoms with van der Waals surface area (Å²) < 4.78 is 9.12. The molecule has 0 fully saturated rings. The van der Waals surface area contributed by atoms with Gasteiger partial charge in [0.15, 0.2) is 0 Å². The van der Waals surface area contributed by atoms with E-state index in [4.69, 9.17) is 10.5 Å². The molecule has 0 bridgehead atoms. The number of benzene rings is 1. The summed E-state index contributed by atoms with van der Waals surface area (Å²) in [6, 6.07) is 7.70. The van der Waals surface area contributed by atoms with E-state index in [0.29, 0.717) is 11.4 Å². The quantitative estimate of drug-likeness (QED) is 0.767. The zero-order valence-electron chi connectivity index (χ0n) is 7.73. The summed E-state index contributed by atoms with van der Waals surface area (Å²) in [4.78, 5) is 1.11. The van der Waals surface area contributed by atoms with Gasteiger partial charge in [0.05, 0.1) is 17.7 Å². The molecule has 1 heterocycles. The summed E-state index contributed by atoms with van der Waals surface area (Å²) in [6.45, 7) is 0. The normalized spacial score (nSPS) is 10.1. The Morgan fingerprint density at radius 1 is 1.36 bits per heavy atom. The summed E-state index contributed by atoms with van der Waals surface area (Å²) in [5.41, 5.74) is 7.52. The number of nitrogen functional groups attached to an aromatic ring is 1. The van der Waals surface area contributed by atoms with E-state index in [9.17, 15) is 0 Å². The van der Waals surface area contributed by atoms with Crippen LogP contribution >= 0.6 is 11.5 Å². The maximum absolute atomic E-state index is 5.80. The maximum Gasteiger partial charge on any atom is 0.141 e. The lowest BCUT2D eigenvalue weighted by Crippen LogP contribution is -1.91. The predicted octanol–water partition coefficient (Wildman–Crippen LogP) is 2.40. The number of methoxy groups -OCH3 is 1. The third-order valence-corrected chi connectivity index (χ3v) is 2.75. The second kappa shape index (κ2) is 3.67. The average Bonchev–Trinajstić information content (AvgIpc) is 2.70. The van der Waals surface area contributed by atoms with Crippen molar-refractivity contribution in [1.82, 2.24) is 4.37 Å². The van der Waals surface area contributed by atoms with Crippen molar-refractivity contribution in [2.45, 2.75) is 0 Å². The van der Waals surface area contributed by atoms with Crippen LogP contribution in [0.5, 0.6) is 5.75 Å². The number of nitrogens with two attached hydrogens (primary N) is 1. The number of anilines is 1. The number of hydrogen-bond acceptors (Lipinski definition) is 4. The smallest absolute Gasteiger partial charge is 0.141 e. The first-order chi connectivity index (χ1) is 6.81. The molecule has 3 nitrogen and oxygen atoms in total. The van der Waals surface area contributed by atoms with Gasteiger partial charge in [0, 0.05) is 6.20 Å². The molecule has 0 saturated carbocycles. The van der Waals surface area contributed by atoms with Crippen LogP contribution in [0, 0.1) is 0 Å². The van der Waals surface area contributed by atoms with Crippen molar-refractivity contribution in [3.05, 3.63) is 30.5 Å². The van der Waals surface area contributed by atoms with E-state index in [1.165, 1.54) is 11.5 Å². The molecular weight excluding hydrogens is 196 g/mol. The molecule has 72 valence electrons. The number of rotatable bonds is 2. The van der Waals surface area contributed by atoms with E-state index < -0.39 is 0 Å². The molecule has 1 aromatic carbocycles. The maximum atomic E-state index is 5.80. The minimum atomic E-state index is 0.651. The molecule has 2 rings (SSSR count). The van der Waals surface area contributed by atoms with Crippen LogP contribution in [-0.4, -0.2) is 11.5 Å². The molecule has 0 aliphatic rings. The SMILES string of the molecule is COc1ccc(-c2ccns2)cc1N. The van der Waals surface area contributed by atoms with Crippen molar-refractivity contribution in [3.8, 4) is 16.2 Å². The molecule has 0 saturated heterocycles. The highest BCUT2D eigenvalue weighted by Crippen LogP contribution is 2.29. The molecular formula is C10H10N2OS. The molecule has 1 aromatic heterocycles. The van der Waals surface area contributed by atoms with Crippen molar-refractivity contribution in [3.63, 3.8) is 0 Å². The first-order valence-corrected chi connectivity index (χ1v) is 4.93. The molecule has 4 heteroatoms. The minimum Gasteiger partial charge on any atom is -0.495 e. The molecule has 0 aliphatic carbocycles. The van der Waals surface area contributed by atoms with Gasteiger partial charge in [-0.3, -0.25) is 0 Å². The molecule has 0 amide bonds. The standard InChI is InChI=1S/C10H10N2OS/c1-13-9-3-2-7(6-8(9)11)10-4-5-12-14-10/h2-6H,11H2,1H3. The summed E-state index contributed by atoms with van der Waals surface area (Å²) in [5, 5.41) is 0. The Kier molecular flexibility index (Phi) is 2.37. The third kappa shape index (κ3) is 1.56. The van der Waals surface area contributed by atoms with Gasteiger partial charge < -0.3 is 10.5 Å². The van der Waals surface area contributed by atoms with Crippen LogP contribution in [0.25, 0.3) is 10.4 Å². The molecule has 2 aromatic rings. The number of nitrogens with zero attached hydrogens (tertiary/aromatic N) is 1. The van der Waals surface area contributed by atoms with Gasteiger partial charge in [0.2, 0.25) is 0 Å². The van der Waals surface area contributed by atoms with E-state index in [1.807, 2.05) is 24.3 Å². The Morgan fingerprint density at radius 2 is 2.21 bits per heavy atom. The lowest BCUT2D eigenvalue weighted by Gasteiger charge is -2.05. The molecule has 0 radical (unpaired) electrons.